The van der Waals surface area contributed by atoms with Gasteiger partial charge in [0.2, 0.25) is 0 Å². The van der Waals surface area contributed by atoms with E-state index in [0.717, 1.165) is 25.1 Å². The van der Waals surface area contributed by atoms with Gasteiger partial charge in [-0.25, -0.2) is 0 Å². The molecule has 0 amide bonds. The predicted octanol–water partition coefficient (Wildman–Crippen LogP) is 2.02. The zero-order valence-corrected chi connectivity index (χ0v) is 10.2. The first kappa shape index (κ1) is 11.9. The third kappa shape index (κ3) is 3.43. The number of nitrogens with two attached hydrogens (primary N) is 1. The lowest BCUT2D eigenvalue weighted by Crippen LogP contribution is -2.20. The Labute approximate surface area is 102 Å². The minimum absolute atomic E-state index is 0.207. The molecule has 0 radical (unpaired) electrons. The molecule has 2 heterocycles. The van der Waals surface area contributed by atoms with Gasteiger partial charge >= 0.3 is 0 Å². The molecule has 0 saturated heterocycles. The molecule has 0 aliphatic heterocycles. The first-order valence-electron chi connectivity index (χ1n) is 6.05. The van der Waals surface area contributed by atoms with Crippen LogP contribution in [-0.2, 0) is 19.4 Å². The molecule has 3 nitrogen and oxygen atoms in total. The van der Waals surface area contributed by atoms with Gasteiger partial charge < -0.3 is 10.3 Å². The number of aryl methyl sites for hydroxylation is 2. The normalized spacial score (nSPS) is 12.6. The zero-order valence-electron chi connectivity index (χ0n) is 10.2. The maximum atomic E-state index is 5.83. The van der Waals surface area contributed by atoms with E-state index in [-0.39, 0.29) is 6.04 Å². The van der Waals surface area contributed by atoms with E-state index in [4.69, 9.17) is 5.73 Å². The van der Waals surface area contributed by atoms with Gasteiger partial charge in [-0.1, -0.05) is 6.07 Å². The monoisotopic (exact) mass is 229 g/mol. The fourth-order valence-electron chi connectivity index (χ4n) is 1.96. The van der Waals surface area contributed by atoms with E-state index in [9.17, 15) is 0 Å². The summed E-state index contributed by atoms with van der Waals surface area (Å²) in [7, 11) is 0. The Hall–Kier alpha value is -1.61. The number of hydrogen-bond donors (Lipinski definition) is 1. The van der Waals surface area contributed by atoms with Crippen molar-refractivity contribution in [2.45, 2.75) is 32.4 Å². The first-order valence-corrected chi connectivity index (χ1v) is 6.05. The molecule has 2 aromatic heterocycles. The molecule has 0 bridgehead atoms. The van der Waals surface area contributed by atoms with Crippen LogP contribution in [0.4, 0.5) is 0 Å². The van der Waals surface area contributed by atoms with Gasteiger partial charge in [0, 0.05) is 49.2 Å². The molecule has 90 valence electrons. The number of nitrogens with zero attached hydrogens (tertiary/aromatic N) is 2. The van der Waals surface area contributed by atoms with Crippen molar-refractivity contribution < 1.29 is 0 Å². The summed E-state index contributed by atoms with van der Waals surface area (Å²) in [5, 5.41) is 0. The van der Waals surface area contributed by atoms with Gasteiger partial charge in [-0.05, 0) is 31.2 Å². The summed E-state index contributed by atoms with van der Waals surface area (Å²) in [6.07, 6.45) is 5.84. The van der Waals surface area contributed by atoms with Gasteiger partial charge in [0.25, 0.3) is 0 Å². The lowest BCUT2D eigenvalue weighted by molar-refractivity contribution is 0.622. The van der Waals surface area contributed by atoms with Crippen molar-refractivity contribution in [2.75, 3.05) is 0 Å². The maximum absolute atomic E-state index is 5.83. The lowest BCUT2D eigenvalue weighted by atomic mass is 10.2. The van der Waals surface area contributed by atoms with Crippen molar-refractivity contribution in [3.63, 3.8) is 0 Å². The molecule has 1 unspecified atom stereocenters. The van der Waals surface area contributed by atoms with Crippen molar-refractivity contribution >= 4 is 0 Å². The highest BCUT2D eigenvalue weighted by molar-refractivity contribution is 5.10. The van der Waals surface area contributed by atoms with Crippen LogP contribution in [-0.4, -0.2) is 15.6 Å². The summed E-state index contributed by atoms with van der Waals surface area (Å²) in [5.41, 5.74) is 8.27. The topological polar surface area (TPSA) is 43.8 Å². The summed E-state index contributed by atoms with van der Waals surface area (Å²) in [5.74, 6) is 0. The standard InChI is InChI=1S/C14H19N3/c1-12(15)11-14-6-4-9-17(14)10-7-13-5-2-3-8-16-13/h2-6,8-9,12H,7,10-11,15H2,1H3. The van der Waals surface area contributed by atoms with E-state index in [2.05, 4.69) is 33.9 Å². The van der Waals surface area contributed by atoms with Crippen LogP contribution < -0.4 is 5.73 Å². The van der Waals surface area contributed by atoms with E-state index in [1.165, 1.54) is 5.69 Å². The van der Waals surface area contributed by atoms with Crippen LogP contribution in [0.5, 0.6) is 0 Å². The minimum atomic E-state index is 0.207. The van der Waals surface area contributed by atoms with Crippen molar-refractivity contribution in [3.8, 4) is 0 Å². The second kappa shape index (κ2) is 5.64. The molecule has 0 aromatic carbocycles. The van der Waals surface area contributed by atoms with Crippen molar-refractivity contribution in [2.24, 2.45) is 5.73 Å². The van der Waals surface area contributed by atoms with E-state index < -0.39 is 0 Å². The second-order valence-corrected chi connectivity index (χ2v) is 4.45. The third-order valence-corrected chi connectivity index (χ3v) is 2.79. The lowest BCUT2D eigenvalue weighted by Gasteiger charge is -2.10. The number of aromatic nitrogens is 2. The summed E-state index contributed by atoms with van der Waals surface area (Å²) in [4.78, 5) is 4.33. The molecule has 0 aliphatic rings. The van der Waals surface area contributed by atoms with Crippen LogP contribution in [0, 0.1) is 0 Å². The van der Waals surface area contributed by atoms with Crippen LogP contribution >= 0.6 is 0 Å². The highest BCUT2D eigenvalue weighted by Gasteiger charge is 2.04. The van der Waals surface area contributed by atoms with E-state index in [1.54, 1.807) is 0 Å². The SMILES string of the molecule is CC(N)Cc1cccn1CCc1ccccn1. The van der Waals surface area contributed by atoms with Crippen molar-refractivity contribution in [1.29, 1.82) is 0 Å². The smallest absolute Gasteiger partial charge is 0.0421 e. The minimum Gasteiger partial charge on any atom is -0.351 e. The molecule has 0 saturated carbocycles. The Bertz CT molecular complexity index is 446. The van der Waals surface area contributed by atoms with E-state index in [0.29, 0.717) is 0 Å². The zero-order chi connectivity index (χ0) is 12.1. The summed E-state index contributed by atoms with van der Waals surface area (Å²) in [6, 6.07) is 10.5. The third-order valence-electron chi connectivity index (χ3n) is 2.79. The Balaban J connectivity index is 1.97. The second-order valence-electron chi connectivity index (χ2n) is 4.45. The Morgan fingerprint density at radius 1 is 1.29 bits per heavy atom. The Kier molecular flexibility index (Phi) is 3.94. The molecule has 0 spiro atoms. The van der Waals surface area contributed by atoms with Crippen LogP contribution in [0.15, 0.2) is 42.7 Å². The molecule has 2 rings (SSSR count). The van der Waals surface area contributed by atoms with E-state index in [1.807, 2.05) is 25.3 Å². The van der Waals surface area contributed by atoms with Crippen molar-refractivity contribution in [1.82, 2.24) is 9.55 Å². The predicted molar refractivity (Wildman–Crippen MR) is 69.7 cm³/mol. The van der Waals surface area contributed by atoms with Crippen LogP contribution in [0.2, 0.25) is 0 Å². The van der Waals surface area contributed by atoms with Gasteiger partial charge in [0.15, 0.2) is 0 Å². The molecule has 0 aliphatic carbocycles. The van der Waals surface area contributed by atoms with Crippen molar-refractivity contribution in [3.05, 3.63) is 54.1 Å². The maximum Gasteiger partial charge on any atom is 0.0421 e. The molecule has 1 atom stereocenters. The molecule has 3 heteroatoms. The number of rotatable bonds is 5. The Morgan fingerprint density at radius 2 is 2.18 bits per heavy atom. The fourth-order valence-corrected chi connectivity index (χ4v) is 1.96. The molecule has 2 N–H and O–H groups in total. The molecule has 2 aromatic rings. The van der Waals surface area contributed by atoms with Crippen LogP contribution in [0.1, 0.15) is 18.3 Å². The molecule has 17 heavy (non-hydrogen) atoms. The van der Waals surface area contributed by atoms with Gasteiger partial charge in [0.05, 0.1) is 0 Å². The molecule has 0 fully saturated rings. The summed E-state index contributed by atoms with van der Waals surface area (Å²) >= 11 is 0. The van der Waals surface area contributed by atoms with Crippen LogP contribution in [0.3, 0.4) is 0 Å². The van der Waals surface area contributed by atoms with Gasteiger partial charge in [0.1, 0.15) is 0 Å². The highest BCUT2D eigenvalue weighted by atomic mass is 15.0. The highest BCUT2D eigenvalue weighted by Crippen LogP contribution is 2.07. The average Bonchev–Trinajstić information content (AvgIpc) is 2.74. The first-order chi connectivity index (χ1) is 8.25. The fraction of sp³-hybridized carbons (Fsp3) is 0.357. The summed E-state index contributed by atoms with van der Waals surface area (Å²) in [6.45, 7) is 3.00. The summed E-state index contributed by atoms with van der Waals surface area (Å²) < 4.78 is 2.26. The molecular formula is C14H19N3. The average molecular weight is 229 g/mol. The number of hydrogen-bond acceptors (Lipinski definition) is 2. The Morgan fingerprint density at radius 3 is 2.88 bits per heavy atom. The largest absolute Gasteiger partial charge is 0.351 e. The van der Waals surface area contributed by atoms with E-state index >= 15 is 0 Å². The molecular weight excluding hydrogens is 210 g/mol. The van der Waals surface area contributed by atoms with Gasteiger partial charge in [-0.3, -0.25) is 4.98 Å². The quantitative estimate of drug-likeness (QED) is 0.852. The van der Waals surface area contributed by atoms with Crippen LogP contribution in [0.25, 0.3) is 0 Å². The van der Waals surface area contributed by atoms with Gasteiger partial charge in [-0.15, -0.1) is 0 Å². The number of pyridine rings is 1. The van der Waals surface area contributed by atoms with Gasteiger partial charge in [-0.2, -0.15) is 0 Å².